The van der Waals surface area contributed by atoms with Gasteiger partial charge in [0.15, 0.2) is 11.5 Å². The molecule has 2 aromatic carbocycles. The number of fused-ring (bicyclic) bond motifs is 2. The standard InChI is InChI=1S/C26H31BrN2O3/c1-15(2)23-22-21(24(28(5)26(22,3)4)17-7-9-18(27)10-8-17)25(30)29(23)13-16-6-11-19-20(12-16)32-14-31-19/h6-12,15,21-24H,13-14H2,1-5H3. The highest BCUT2D eigenvalue weighted by Crippen LogP contribution is 2.57. The Morgan fingerprint density at radius 3 is 2.47 bits per heavy atom. The van der Waals surface area contributed by atoms with Crippen molar-refractivity contribution in [2.75, 3.05) is 13.8 Å². The van der Waals surface area contributed by atoms with Gasteiger partial charge in [-0.15, -0.1) is 0 Å². The van der Waals surface area contributed by atoms with Gasteiger partial charge in [-0.1, -0.05) is 48.0 Å². The molecule has 32 heavy (non-hydrogen) atoms. The van der Waals surface area contributed by atoms with E-state index in [1.807, 2.05) is 12.1 Å². The number of likely N-dealkylation sites (tertiary alicyclic amines) is 2. The molecule has 5 rings (SSSR count). The minimum absolute atomic E-state index is 0.0578. The molecule has 3 aliphatic heterocycles. The molecule has 0 saturated carbocycles. The molecule has 2 fully saturated rings. The fraction of sp³-hybridized carbons (Fsp3) is 0.500. The summed E-state index contributed by atoms with van der Waals surface area (Å²) in [5.41, 5.74) is 2.19. The minimum atomic E-state index is -0.101. The van der Waals surface area contributed by atoms with Crippen LogP contribution >= 0.6 is 15.9 Å². The van der Waals surface area contributed by atoms with Crippen molar-refractivity contribution in [2.24, 2.45) is 17.8 Å². The number of ether oxygens (including phenoxy) is 2. The van der Waals surface area contributed by atoms with E-state index in [1.54, 1.807) is 0 Å². The lowest BCUT2D eigenvalue weighted by atomic mass is 9.75. The third-order valence-electron chi connectivity index (χ3n) is 7.85. The Hall–Kier alpha value is -2.05. The molecule has 2 aromatic rings. The number of hydrogen-bond donors (Lipinski definition) is 0. The summed E-state index contributed by atoms with van der Waals surface area (Å²) < 4.78 is 12.1. The first-order chi connectivity index (χ1) is 15.2. The van der Waals surface area contributed by atoms with Gasteiger partial charge in [0.05, 0.1) is 5.92 Å². The second-order valence-electron chi connectivity index (χ2n) is 10.2. The average Bonchev–Trinajstić information content (AvgIpc) is 3.38. The zero-order chi connectivity index (χ0) is 22.8. The van der Waals surface area contributed by atoms with E-state index in [4.69, 9.17) is 9.47 Å². The van der Waals surface area contributed by atoms with Crippen LogP contribution in [0.5, 0.6) is 11.5 Å². The van der Waals surface area contributed by atoms with Gasteiger partial charge in [0.1, 0.15) is 0 Å². The van der Waals surface area contributed by atoms with Crippen molar-refractivity contribution >= 4 is 21.8 Å². The van der Waals surface area contributed by atoms with Crippen molar-refractivity contribution in [3.05, 3.63) is 58.1 Å². The summed E-state index contributed by atoms with van der Waals surface area (Å²) in [5.74, 6) is 2.36. The number of benzene rings is 2. The maximum Gasteiger partial charge on any atom is 0.231 e. The highest BCUT2D eigenvalue weighted by atomic mass is 79.9. The normalized spacial score (nSPS) is 28.6. The Balaban J connectivity index is 1.53. The summed E-state index contributed by atoms with van der Waals surface area (Å²) in [5, 5.41) is 0. The second kappa shape index (κ2) is 7.77. The highest BCUT2D eigenvalue weighted by molar-refractivity contribution is 9.10. The Labute approximate surface area is 198 Å². The largest absolute Gasteiger partial charge is 0.454 e. The molecule has 1 amide bonds. The lowest BCUT2D eigenvalue weighted by molar-refractivity contribution is -0.134. The van der Waals surface area contributed by atoms with Crippen LogP contribution in [0.1, 0.15) is 44.9 Å². The number of nitrogens with zero attached hydrogens (tertiary/aromatic N) is 2. The molecular formula is C26H31BrN2O3. The molecule has 170 valence electrons. The lowest BCUT2D eigenvalue weighted by Gasteiger charge is -2.41. The number of amides is 1. The van der Waals surface area contributed by atoms with Crippen molar-refractivity contribution in [3.8, 4) is 11.5 Å². The molecule has 5 nitrogen and oxygen atoms in total. The molecule has 3 heterocycles. The molecule has 0 radical (unpaired) electrons. The number of carbonyl (C=O) groups is 1. The molecule has 2 saturated heterocycles. The van der Waals surface area contributed by atoms with Gasteiger partial charge in [-0.2, -0.15) is 0 Å². The molecule has 4 atom stereocenters. The van der Waals surface area contributed by atoms with Crippen LogP contribution < -0.4 is 9.47 Å². The first-order valence-corrected chi connectivity index (χ1v) is 12.2. The van der Waals surface area contributed by atoms with Crippen LogP contribution in [0.2, 0.25) is 0 Å². The Bertz CT molecular complexity index is 1040. The van der Waals surface area contributed by atoms with Gasteiger partial charge in [0.25, 0.3) is 0 Å². The van der Waals surface area contributed by atoms with Crippen LogP contribution in [0.25, 0.3) is 0 Å². The molecule has 6 heteroatoms. The third kappa shape index (κ3) is 3.26. The van der Waals surface area contributed by atoms with Crippen molar-refractivity contribution in [3.63, 3.8) is 0 Å². The third-order valence-corrected chi connectivity index (χ3v) is 8.38. The van der Waals surface area contributed by atoms with Gasteiger partial charge in [-0.05, 0) is 62.2 Å². The van der Waals surface area contributed by atoms with Crippen LogP contribution in [0.3, 0.4) is 0 Å². The van der Waals surface area contributed by atoms with Crippen LogP contribution in [-0.4, -0.2) is 41.1 Å². The zero-order valence-corrected chi connectivity index (χ0v) is 20.9. The van der Waals surface area contributed by atoms with Gasteiger partial charge < -0.3 is 14.4 Å². The van der Waals surface area contributed by atoms with Gasteiger partial charge in [0.2, 0.25) is 12.7 Å². The van der Waals surface area contributed by atoms with Crippen molar-refractivity contribution in [2.45, 2.75) is 51.9 Å². The van der Waals surface area contributed by atoms with Gasteiger partial charge in [-0.3, -0.25) is 9.69 Å². The maximum atomic E-state index is 14.1. The van der Waals surface area contributed by atoms with E-state index in [9.17, 15) is 4.79 Å². The first kappa shape index (κ1) is 21.8. The van der Waals surface area contributed by atoms with E-state index in [-0.39, 0.29) is 42.2 Å². The van der Waals surface area contributed by atoms with Gasteiger partial charge >= 0.3 is 0 Å². The Kier molecular flexibility index (Phi) is 5.29. The smallest absolute Gasteiger partial charge is 0.231 e. The first-order valence-electron chi connectivity index (χ1n) is 11.4. The van der Waals surface area contributed by atoms with E-state index in [1.165, 1.54) is 5.56 Å². The van der Waals surface area contributed by atoms with Crippen molar-refractivity contribution in [1.82, 2.24) is 9.80 Å². The number of carbonyl (C=O) groups excluding carboxylic acids is 1. The molecule has 4 unspecified atom stereocenters. The predicted octanol–water partition coefficient (Wildman–Crippen LogP) is 5.24. The number of rotatable bonds is 4. The molecule has 0 aromatic heterocycles. The van der Waals surface area contributed by atoms with Crippen LogP contribution in [0, 0.1) is 17.8 Å². The quantitative estimate of drug-likeness (QED) is 0.577. The Morgan fingerprint density at radius 1 is 1.09 bits per heavy atom. The molecule has 3 aliphatic rings. The van der Waals surface area contributed by atoms with Crippen LogP contribution in [-0.2, 0) is 11.3 Å². The van der Waals surface area contributed by atoms with Crippen molar-refractivity contribution in [1.29, 1.82) is 0 Å². The summed E-state index contributed by atoms with van der Waals surface area (Å²) in [6.07, 6.45) is 0. The summed E-state index contributed by atoms with van der Waals surface area (Å²) in [7, 11) is 2.18. The topological polar surface area (TPSA) is 42.0 Å². The maximum absolute atomic E-state index is 14.1. The van der Waals surface area contributed by atoms with E-state index < -0.39 is 0 Å². The zero-order valence-electron chi connectivity index (χ0n) is 19.3. The summed E-state index contributed by atoms with van der Waals surface area (Å²) in [6, 6.07) is 14.7. The Morgan fingerprint density at radius 2 is 1.78 bits per heavy atom. The molecule has 0 aliphatic carbocycles. The lowest BCUT2D eigenvalue weighted by Crippen LogP contribution is -2.50. The average molecular weight is 499 g/mol. The van der Waals surface area contributed by atoms with E-state index in [0.717, 1.165) is 21.5 Å². The van der Waals surface area contributed by atoms with Crippen LogP contribution in [0.4, 0.5) is 0 Å². The van der Waals surface area contributed by atoms with E-state index >= 15 is 0 Å². The summed E-state index contributed by atoms with van der Waals surface area (Å²) in [4.78, 5) is 18.6. The fourth-order valence-electron chi connectivity index (χ4n) is 6.21. The van der Waals surface area contributed by atoms with Gasteiger partial charge in [-0.25, -0.2) is 0 Å². The molecule has 0 bridgehead atoms. The fourth-order valence-corrected chi connectivity index (χ4v) is 6.47. The summed E-state index contributed by atoms with van der Waals surface area (Å²) >= 11 is 3.55. The number of halogens is 1. The van der Waals surface area contributed by atoms with Gasteiger partial charge in [0, 0.05) is 34.6 Å². The SMILES string of the molecule is CC(C)C1C2C(C(=O)N1Cc1ccc3c(c1)OCO3)C(c1ccc(Br)cc1)N(C)C2(C)C. The highest BCUT2D eigenvalue weighted by Gasteiger charge is 2.64. The predicted molar refractivity (Wildman–Crippen MR) is 127 cm³/mol. The van der Waals surface area contributed by atoms with E-state index in [2.05, 4.69) is 90.8 Å². The minimum Gasteiger partial charge on any atom is -0.454 e. The number of hydrogen-bond acceptors (Lipinski definition) is 4. The second-order valence-corrected chi connectivity index (χ2v) is 11.1. The summed E-state index contributed by atoms with van der Waals surface area (Å²) in [6.45, 7) is 9.95. The monoisotopic (exact) mass is 498 g/mol. The molecule has 0 N–H and O–H groups in total. The molecule has 0 spiro atoms. The van der Waals surface area contributed by atoms with Crippen molar-refractivity contribution < 1.29 is 14.3 Å². The molecular weight excluding hydrogens is 468 g/mol. The van der Waals surface area contributed by atoms with Crippen LogP contribution in [0.15, 0.2) is 46.9 Å². The van der Waals surface area contributed by atoms with E-state index in [0.29, 0.717) is 12.5 Å².